The first kappa shape index (κ1) is 20.0. The lowest BCUT2D eigenvalue weighted by molar-refractivity contribution is 0.601. The normalized spacial score (nSPS) is 10.8. The van der Waals surface area contributed by atoms with Crippen LogP contribution in [0, 0.1) is 17.1 Å². The number of nitrogens with one attached hydrogen (secondary N) is 2. The van der Waals surface area contributed by atoms with E-state index in [2.05, 4.69) is 21.6 Å². The molecule has 0 fully saturated rings. The van der Waals surface area contributed by atoms with Crippen molar-refractivity contribution in [1.82, 2.24) is 4.98 Å². The lowest BCUT2D eigenvalue weighted by Crippen LogP contribution is -2.15. The van der Waals surface area contributed by atoms with Crippen molar-refractivity contribution in [1.29, 1.82) is 5.26 Å². The molecule has 0 aliphatic carbocycles. The summed E-state index contributed by atoms with van der Waals surface area (Å²) in [4.78, 5) is 4.50. The number of nitriles is 1. The predicted molar refractivity (Wildman–Crippen MR) is 110 cm³/mol. The minimum Gasteiger partial charge on any atom is -0.365 e. The number of halogens is 1. The number of hydrogen-bond donors (Lipinski definition) is 2. The zero-order valence-electron chi connectivity index (χ0n) is 15.3. The SMILES string of the molecule is C=CCNc1nc(-c2ccc(F)cc2)c(NS(=O)(=O)c2ccccc2)cc1C#N. The quantitative estimate of drug-likeness (QED) is 0.573. The molecule has 3 rings (SSSR count). The molecule has 6 nitrogen and oxygen atoms in total. The van der Waals surface area contributed by atoms with E-state index in [-0.39, 0.29) is 27.7 Å². The lowest BCUT2D eigenvalue weighted by Gasteiger charge is -2.15. The van der Waals surface area contributed by atoms with Crippen LogP contribution < -0.4 is 10.0 Å². The number of rotatable bonds is 7. The van der Waals surface area contributed by atoms with Gasteiger partial charge in [-0.3, -0.25) is 4.72 Å². The molecule has 1 heterocycles. The maximum absolute atomic E-state index is 13.4. The monoisotopic (exact) mass is 408 g/mol. The number of aromatic nitrogens is 1. The highest BCUT2D eigenvalue weighted by Crippen LogP contribution is 2.32. The largest absolute Gasteiger partial charge is 0.365 e. The number of nitrogens with zero attached hydrogens (tertiary/aromatic N) is 2. The van der Waals surface area contributed by atoms with Gasteiger partial charge in [-0.05, 0) is 42.5 Å². The molecule has 0 spiro atoms. The molecule has 0 aliphatic rings. The van der Waals surface area contributed by atoms with Crippen molar-refractivity contribution >= 4 is 21.5 Å². The van der Waals surface area contributed by atoms with Crippen LogP contribution in [0.1, 0.15) is 5.56 Å². The Morgan fingerprint density at radius 1 is 1.14 bits per heavy atom. The zero-order chi connectivity index (χ0) is 20.9. The van der Waals surface area contributed by atoms with E-state index in [4.69, 9.17) is 0 Å². The molecule has 0 saturated heterocycles. The van der Waals surface area contributed by atoms with E-state index < -0.39 is 15.8 Å². The third kappa shape index (κ3) is 4.59. The smallest absolute Gasteiger partial charge is 0.261 e. The van der Waals surface area contributed by atoms with Crippen molar-refractivity contribution in [3.63, 3.8) is 0 Å². The third-order valence-electron chi connectivity index (χ3n) is 3.97. The topological polar surface area (TPSA) is 94.9 Å². The van der Waals surface area contributed by atoms with Crippen molar-refractivity contribution in [3.05, 3.63) is 84.7 Å². The standard InChI is InChI=1S/C21H17FN4O2S/c1-2-12-24-21-16(14-23)13-19(20(25-21)15-8-10-17(22)11-9-15)26-29(27,28)18-6-4-3-5-7-18/h2-11,13,26H,1,12H2,(H,24,25). The van der Waals surface area contributed by atoms with E-state index in [9.17, 15) is 18.1 Å². The number of anilines is 2. The van der Waals surface area contributed by atoms with Gasteiger partial charge >= 0.3 is 0 Å². The maximum atomic E-state index is 13.4. The Bertz CT molecular complexity index is 1170. The van der Waals surface area contributed by atoms with Gasteiger partial charge in [0.25, 0.3) is 10.0 Å². The molecular formula is C21H17FN4O2S. The Hall–Kier alpha value is -3.70. The second-order valence-electron chi connectivity index (χ2n) is 5.99. The minimum absolute atomic E-state index is 0.0671. The maximum Gasteiger partial charge on any atom is 0.261 e. The second kappa shape index (κ2) is 8.54. The summed E-state index contributed by atoms with van der Waals surface area (Å²) in [6.45, 7) is 3.98. The van der Waals surface area contributed by atoms with E-state index in [1.54, 1.807) is 24.3 Å². The minimum atomic E-state index is -3.92. The zero-order valence-corrected chi connectivity index (χ0v) is 16.1. The first-order valence-corrected chi connectivity index (χ1v) is 10.1. The van der Waals surface area contributed by atoms with Crippen LogP contribution >= 0.6 is 0 Å². The molecule has 0 saturated carbocycles. The first-order valence-electron chi connectivity index (χ1n) is 8.58. The van der Waals surface area contributed by atoms with Gasteiger partial charge < -0.3 is 5.32 Å². The Morgan fingerprint density at radius 3 is 2.45 bits per heavy atom. The molecule has 1 aromatic heterocycles. The van der Waals surface area contributed by atoms with Gasteiger partial charge in [0.15, 0.2) is 0 Å². The molecule has 29 heavy (non-hydrogen) atoms. The molecule has 146 valence electrons. The average Bonchev–Trinajstić information content (AvgIpc) is 2.73. The van der Waals surface area contributed by atoms with E-state index in [1.165, 1.54) is 42.5 Å². The van der Waals surface area contributed by atoms with Crippen molar-refractivity contribution < 1.29 is 12.8 Å². The molecule has 0 atom stereocenters. The van der Waals surface area contributed by atoms with Crippen LogP contribution in [0.4, 0.5) is 15.9 Å². The fraction of sp³-hybridized carbons (Fsp3) is 0.0476. The van der Waals surface area contributed by atoms with Gasteiger partial charge in [0.05, 0.1) is 21.8 Å². The van der Waals surface area contributed by atoms with Crippen molar-refractivity contribution in [2.45, 2.75) is 4.90 Å². The summed E-state index contributed by atoms with van der Waals surface area (Å²) in [5, 5.41) is 12.4. The second-order valence-corrected chi connectivity index (χ2v) is 7.67. The highest BCUT2D eigenvalue weighted by molar-refractivity contribution is 7.92. The number of sulfonamides is 1. The average molecular weight is 408 g/mol. The molecule has 0 bridgehead atoms. The van der Waals surface area contributed by atoms with Crippen LogP contribution in [0.2, 0.25) is 0 Å². The van der Waals surface area contributed by atoms with Crippen LogP contribution in [-0.2, 0) is 10.0 Å². The summed E-state index contributed by atoms with van der Waals surface area (Å²) < 4.78 is 41.4. The lowest BCUT2D eigenvalue weighted by atomic mass is 10.1. The fourth-order valence-electron chi connectivity index (χ4n) is 2.61. The molecule has 2 N–H and O–H groups in total. The Morgan fingerprint density at radius 2 is 1.83 bits per heavy atom. The van der Waals surface area contributed by atoms with Crippen LogP contribution in [0.5, 0.6) is 0 Å². The van der Waals surface area contributed by atoms with Gasteiger partial charge in [0.2, 0.25) is 0 Å². The van der Waals surface area contributed by atoms with Crippen molar-refractivity contribution in [3.8, 4) is 17.3 Å². The Balaban J connectivity index is 2.14. The molecule has 0 amide bonds. The Labute approximate surface area is 168 Å². The summed E-state index contributed by atoms with van der Waals surface area (Å²) in [5.74, 6) is -0.159. The van der Waals surface area contributed by atoms with Crippen molar-refractivity contribution in [2.24, 2.45) is 0 Å². The summed E-state index contributed by atoms with van der Waals surface area (Å²) >= 11 is 0. The van der Waals surface area contributed by atoms with Gasteiger partial charge in [0.1, 0.15) is 17.7 Å². The number of hydrogen-bond acceptors (Lipinski definition) is 5. The highest BCUT2D eigenvalue weighted by atomic mass is 32.2. The molecule has 3 aromatic rings. The van der Waals surface area contributed by atoms with E-state index in [0.29, 0.717) is 12.1 Å². The summed E-state index contributed by atoms with van der Waals surface area (Å²) in [6.07, 6.45) is 1.60. The molecular weight excluding hydrogens is 391 g/mol. The van der Waals surface area contributed by atoms with Crippen LogP contribution in [0.25, 0.3) is 11.3 Å². The van der Waals surface area contributed by atoms with Gasteiger partial charge in [-0.2, -0.15) is 5.26 Å². The van der Waals surface area contributed by atoms with Crippen LogP contribution in [-0.4, -0.2) is 19.9 Å². The van der Waals surface area contributed by atoms with E-state index in [1.807, 2.05) is 6.07 Å². The summed E-state index contributed by atoms with van der Waals surface area (Å²) in [7, 11) is -3.92. The van der Waals surface area contributed by atoms with Crippen LogP contribution in [0.3, 0.4) is 0 Å². The molecule has 0 unspecified atom stereocenters. The van der Waals surface area contributed by atoms with Gasteiger partial charge in [0, 0.05) is 12.1 Å². The third-order valence-corrected chi connectivity index (χ3v) is 5.35. The number of pyridine rings is 1. The van der Waals surface area contributed by atoms with E-state index >= 15 is 0 Å². The molecule has 0 radical (unpaired) electrons. The molecule has 8 heteroatoms. The predicted octanol–water partition coefficient (Wildman–Crippen LogP) is 4.16. The van der Waals surface area contributed by atoms with Crippen LogP contribution in [0.15, 0.2) is 78.2 Å². The van der Waals surface area contributed by atoms with Gasteiger partial charge in [-0.1, -0.05) is 24.3 Å². The first-order chi connectivity index (χ1) is 13.9. The molecule has 0 aliphatic heterocycles. The summed E-state index contributed by atoms with van der Waals surface area (Å²) in [6, 6.07) is 16.7. The van der Waals surface area contributed by atoms with Crippen molar-refractivity contribution in [2.75, 3.05) is 16.6 Å². The fourth-order valence-corrected chi connectivity index (χ4v) is 3.69. The van der Waals surface area contributed by atoms with Gasteiger partial charge in [-0.15, -0.1) is 6.58 Å². The van der Waals surface area contributed by atoms with Gasteiger partial charge in [-0.25, -0.2) is 17.8 Å². The summed E-state index contributed by atoms with van der Waals surface area (Å²) in [5.41, 5.74) is 1.02. The Kier molecular flexibility index (Phi) is 5.90. The number of benzene rings is 2. The highest BCUT2D eigenvalue weighted by Gasteiger charge is 2.20. The van der Waals surface area contributed by atoms with E-state index in [0.717, 1.165) is 0 Å². The molecule has 2 aromatic carbocycles.